The van der Waals surface area contributed by atoms with Crippen LogP contribution in [-0.4, -0.2) is 26.2 Å². The molecular formula is C16H17N3O2. The van der Waals surface area contributed by atoms with Crippen molar-refractivity contribution in [3.05, 3.63) is 48.5 Å². The number of nitrogens with zero attached hydrogens (tertiary/aromatic N) is 1. The first-order valence-corrected chi connectivity index (χ1v) is 6.83. The van der Waals surface area contributed by atoms with Gasteiger partial charge in [0.25, 0.3) is 0 Å². The van der Waals surface area contributed by atoms with Crippen molar-refractivity contribution in [2.24, 2.45) is 0 Å². The number of hydrogen-bond donors (Lipinski definition) is 2. The van der Waals surface area contributed by atoms with Crippen molar-refractivity contribution in [1.82, 2.24) is 0 Å². The fraction of sp³-hybridized carbons (Fsp3) is 0.188. The summed E-state index contributed by atoms with van der Waals surface area (Å²) in [6.07, 6.45) is 0. The van der Waals surface area contributed by atoms with Gasteiger partial charge in [0.1, 0.15) is 12.4 Å². The molecule has 0 saturated carbocycles. The van der Waals surface area contributed by atoms with Gasteiger partial charge in [-0.3, -0.25) is 0 Å². The lowest BCUT2D eigenvalue weighted by atomic mass is 10.2. The Hall–Kier alpha value is -2.69. The van der Waals surface area contributed by atoms with Crippen LogP contribution in [0.1, 0.15) is 0 Å². The van der Waals surface area contributed by atoms with Gasteiger partial charge in [-0.1, -0.05) is 18.2 Å². The second-order valence-corrected chi connectivity index (χ2v) is 4.90. The predicted molar refractivity (Wildman–Crippen MR) is 84.3 cm³/mol. The van der Waals surface area contributed by atoms with E-state index in [1.165, 1.54) is 0 Å². The molecular weight excluding hydrogens is 266 g/mol. The molecule has 0 radical (unpaired) electrons. The highest BCUT2D eigenvalue weighted by Crippen LogP contribution is 2.33. The van der Waals surface area contributed by atoms with Crippen LogP contribution in [0.3, 0.4) is 0 Å². The van der Waals surface area contributed by atoms with E-state index in [0.717, 1.165) is 29.4 Å². The van der Waals surface area contributed by atoms with Crippen LogP contribution in [0.4, 0.5) is 21.9 Å². The Morgan fingerprint density at radius 3 is 2.67 bits per heavy atom. The first kappa shape index (κ1) is 13.3. The molecule has 0 bridgehead atoms. The molecule has 0 atom stereocenters. The van der Waals surface area contributed by atoms with Gasteiger partial charge in [0, 0.05) is 18.4 Å². The second-order valence-electron chi connectivity index (χ2n) is 4.90. The van der Waals surface area contributed by atoms with E-state index in [9.17, 15) is 4.79 Å². The molecule has 2 N–H and O–H groups in total. The Morgan fingerprint density at radius 2 is 1.86 bits per heavy atom. The number of para-hydroxylation sites is 1. The van der Waals surface area contributed by atoms with Crippen molar-refractivity contribution >= 4 is 23.1 Å². The number of benzene rings is 2. The van der Waals surface area contributed by atoms with E-state index in [-0.39, 0.29) is 6.03 Å². The van der Waals surface area contributed by atoms with Gasteiger partial charge in [0.05, 0.1) is 12.2 Å². The number of anilines is 3. The number of fused-ring (bicyclic) bond motifs is 1. The minimum Gasteiger partial charge on any atom is -0.490 e. The number of amides is 2. The molecule has 2 aromatic carbocycles. The fourth-order valence-corrected chi connectivity index (χ4v) is 2.24. The van der Waals surface area contributed by atoms with Crippen LogP contribution in [0.15, 0.2) is 48.5 Å². The van der Waals surface area contributed by atoms with Crippen LogP contribution in [-0.2, 0) is 0 Å². The maximum absolute atomic E-state index is 12.0. The van der Waals surface area contributed by atoms with E-state index in [0.29, 0.717) is 6.61 Å². The third-order valence-electron chi connectivity index (χ3n) is 3.34. The Balaban J connectivity index is 1.70. The zero-order valence-electron chi connectivity index (χ0n) is 11.8. The number of ether oxygens (including phenoxy) is 1. The lowest BCUT2D eigenvalue weighted by Gasteiger charge is -2.28. The SMILES string of the molecule is CN1CCOc2ccc(NC(=O)Nc3ccccc3)cc21. The largest absolute Gasteiger partial charge is 0.490 e. The Morgan fingerprint density at radius 1 is 1.10 bits per heavy atom. The van der Waals surface area contributed by atoms with Crippen LogP contribution in [0, 0.1) is 0 Å². The van der Waals surface area contributed by atoms with Crippen molar-refractivity contribution < 1.29 is 9.53 Å². The van der Waals surface area contributed by atoms with Gasteiger partial charge in [-0.05, 0) is 30.3 Å². The van der Waals surface area contributed by atoms with Crippen molar-refractivity contribution in [3.63, 3.8) is 0 Å². The first-order valence-electron chi connectivity index (χ1n) is 6.83. The van der Waals surface area contributed by atoms with Crippen molar-refractivity contribution in [2.45, 2.75) is 0 Å². The van der Waals surface area contributed by atoms with Gasteiger partial charge < -0.3 is 20.3 Å². The molecule has 0 aliphatic carbocycles. The number of hydrogen-bond acceptors (Lipinski definition) is 3. The summed E-state index contributed by atoms with van der Waals surface area (Å²) >= 11 is 0. The number of carbonyl (C=O) groups is 1. The standard InChI is InChI=1S/C16H17N3O2/c1-19-9-10-21-15-8-7-13(11-14(15)19)18-16(20)17-12-5-3-2-4-6-12/h2-8,11H,9-10H2,1H3,(H2,17,18,20). The zero-order valence-corrected chi connectivity index (χ0v) is 11.8. The maximum Gasteiger partial charge on any atom is 0.323 e. The molecule has 0 spiro atoms. The van der Waals surface area contributed by atoms with E-state index in [1.54, 1.807) is 0 Å². The number of nitrogens with one attached hydrogen (secondary N) is 2. The smallest absolute Gasteiger partial charge is 0.323 e. The van der Waals surface area contributed by atoms with Crippen molar-refractivity contribution in [1.29, 1.82) is 0 Å². The second kappa shape index (κ2) is 5.75. The lowest BCUT2D eigenvalue weighted by Crippen LogP contribution is -2.29. The fourth-order valence-electron chi connectivity index (χ4n) is 2.24. The summed E-state index contributed by atoms with van der Waals surface area (Å²) in [6.45, 7) is 1.53. The van der Waals surface area contributed by atoms with E-state index >= 15 is 0 Å². The molecule has 0 unspecified atom stereocenters. The molecule has 0 aromatic heterocycles. The number of urea groups is 1. The number of carbonyl (C=O) groups excluding carboxylic acids is 1. The average Bonchev–Trinajstić information content (AvgIpc) is 2.49. The predicted octanol–water partition coefficient (Wildman–Crippen LogP) is 3.16. The first-order chi connectivity index (χ1) is 10.2. The van der Waals surface area contributed by atoms with E-state index in [4.69, 9.17) is 4.74 Å². The van der Waals surface area contributed by atoms with Gasteiger partial charge in [0.15, 0.2) is 0 Å². The minimum atomic E-state index is -0.263. The molecule has 1 aliphatic rings. The highest BCUT2D eigenvalue weighted by molar-refractivity contribution is 6.00. The maximum atomic E-state index is 12.0. The molecule has 108 valence electrons. The van der Waals surface area contributed by atoms with Gasteiger partial charge in [0.2, 0.25) is 0 Å². The van der Waals surface area contributed by atoms with Gasteiger partial charge >= 0.3 is 6.03 Å². The minimum absolute atomic E-state index is 0.263. The molecule has 5 heteroatoms. The average molecular weight is 283 g/mol. The van der Waals surface area contributed by atoms with Crippen LogP contribution in [0.5, 0.6) is 5.75 Å². The van der Waals surface area contributed by atoms with Crippen molar-refractivity contribution in [2.75, 3.05) is 35.7 Å². The van der Waals surface area contributed by atoms with Crippen LogP contribution >= 0.6 is 0 Å². The van der Waals surface area contributed by atoms with Crippen LogP contribution < -0.4 is 20.3 Å². The van der Waals surface area contributed by atoms with Gasteiger partial charge in [-0.15, -0.1) is 0 Å². The normalized spacial score (nSPS) is 13.1. The third kappa shape index (κ3) is 3.08. The monoisotopic (exact) mass is 283 g/mol. The molecule has 1 aliphatic heterocycles. The summed E-state index contributed by atoms with van der Waals surface area (Å²) in [7, 11) is 2.01. The van der Waals surface area contributed by atoms with Crippen LogP contribution in [0.2, 0.25) is 0 Å². The summed E-state index contributed by atoms with van der Waals surface area (Å²) < 4.78 is 5.58. The van der Waals surface area contributed by atoms with E-state index in [2.05, 4.69) is 15.5 Å². The Kier molecular flexibility index (Phi) is 3.64. The summed E-state index contributed by atoms with van der Waals surface area (Å²) in [6, 6.07) is 14.7. The highest BCUT2D eigenvalue weighted by atomic mass is 16.5. The van der Waals surface area contributed by atoms with E-state index < -0.39 is 0 Å². The third-order valence-corrected chi connectivity index (χ3v) is 3.34. The topological polar surface area (TPSA) is 53.6 Å². The summed E-state index contributed by atoms with van der Waals surface area (Å²) in [4.78, 5) is 14.1. The highest BCUT2D eigenvalue weighted by Gasteiger charge is 2.15. The quantitative estimate of drug-likeness (QED) is 0.890. The lowest BCUT2D eigenvalue weighted by molar-refractivity contribution is 0.262. The molecule has 3 rings (SSSR count). The van der Waals surface area contributed by atoms with E-state index in [1.807, 2.05) is 55.6 Å². The Labute approximate surface area is 123 Å². The molecule has 0 fully saturated rings. The molecule has 1 heterocycles. The molecule has 0 saturated heterocycles. The zero-order chi connectivity index (χ0) is 14.7. The molecule has 2 amide bonds. The number of rotatable bonds is 2. The van der Waals surface area contributed by atoms with Crippen molar-refractivity contribution in [3.8, 4) is 5.75 Å². The molecule has 5 nitrogen and oxygen atoms in total. The molecule has 2 aromatic rings. The molecule has 21 heavy (non-hydrogen) atoms. The summed E-state index contributed by atoms with van der Waals surface area (Å²) in [5.41, 5.74) is 2.48. The van der Waals surface area contributed by atoms with Gasteiger partial charge in [-0.25, -0.2) is 4.79 Å². The van der Waals surface area contributed by atoms with Crippen LogP contribution in [0.25, 0.3) is 0 Å². The summed E-state index contributed by atoms with van der Waals surface area (Å²) in [5.74, 6) is 0.845. The summed E-state index contributed by atoms with van der Waals surface area (Å²) in [5, 5.41) is 5.62. The Bertz CT molecular complexity index is 643. The van der Waals surface area contributed by atoms with Gasteiger partial charge in [-0.2, -0.15) is 0 Å². The number of likely N-dealkylation sites (N-methyl/N-ethyl adjacent to an activating group) is 1.